The molecule has 6 heteroatoms. The van der Waals surface area contributed by atoms with Crippen molar-refractivity contribution in [3.05, 3.63) is 82.9 Å². The first-order valence-electron chi connectivity index (χ1n) is 10.2. The summed E-state index contributed by atoms with van der Waals surface area (Å²) >= 11 is 5.98. The fourth-order valence-corrected chi connectivity index (χ4v) is 4.05. The Morgan fingerprint density at radius 2 is 2.00 bits per heavy atom. The monoisotopic (exact) mass is 434 g/mol. The zero-order chi connectivity index (χ0) is 22.1. The molecule has 2 aromatic heterocycles. The van der Waals surface area contributed by atoms with E-state index >= 15 is 0 Å². The van der Waals surface area contributed by atoms with Crippen molar-refractivity contribution in [3.63, 3.8) is 0 Å². The van der Waals surface area contributed by atoms with Crippen molar-refractivity contribution < 1.29 is 4.39 Å². The number of benzene rings is 1. The van der Waals surface area contributed by atoms with Crippen LogP contribution in [0.2, 0.25) is 5.02 Å². The van der Waals surface area contributed by atoms with Crippen molar-refractivity contribution in [2.45, 2.75) is 25.3 Å². The minimum Gasteiger partial charge on any atom is -0.306 e. The predicted molar refractivity (Wildman–Crippen MR) is 126 cm³/mol. The minimum absolute atomic E-state index is 0.0410. The second kappa shape index (κ2) is 8.69. The van der Waals surface area contributed by atoms with Gasteiger partial charge in [0, 0.05) is 28.4 Å². The standard InChI is InChI=1S/C25H24ClFN4/c1-15(25(28)20-13-18(26)6-9-21(20)27)22-10-11-23-24(30-22)12-17(14-29-23)16-4-7-19(8-5-16)31(2)3/h4,6,9-14,19,28H,1,5,7-8H2,2-3H3. The molecule has 0 aliphatic heterocycles. The van der Waals surface area contributed by atoms with Gasteiger partial charge in [-0.15, -0.1) is 0 Å². The number of hydrogen-bond donors (Lipinski definition) is 1. The minimum atomic E-state index is -0.513. The van der Waals surface area contributed by atoms with Gasteiger partial charge in [0.05, 0.1) is 22.4 Å². The fourth-order valence-electron chi connectivity index (χ4n) is 3.88. The molecular weight excluding hydrogens is 411 g/mol. The lowest BCUT2D eigenvalue weighted by Gasteiger charge is -2.27. The van der Waals surface area contributed by atoms with Crippen LogP contribution in [0.5, 0.6) is 0 Å². The number of nitrogens with one attached hydrogen (secondary N) is 1. The fraction of sp³-hybridized carbons (Fsp3) is 0.240. The average molecular weight is 435 g/mol. The van der Waals surface area contributed by atoms with Crippen LogP contribution in [-0.4, -0.2) is 40.7 Å². The average Bonchev–Trinajstić information content (AvgIpc) is 2.79. The van der Waals surface area contributed by atoms with E-state index in [-0.39, 0.29) is 11.3 Å². The maximum Gasteiger partial charge on any atom is 0.132 e. The lowest BCUT2D eigenvalue weighted by atomic mass is 9.91. The van der Waals surface area contributed by atoms with E-state index in [2.05, 4.69) is 41.6 Å². The molecule has 1 aromatic carbocycles. The Morgan fingerprint density at radius 1 is 1.19 bits per heavy atom. The molecule has 158 valence electrons. The molecular formula is C25H24ClFN4. The summed E-state index contributed by atoms with van der Waals surface area (Å²) in [6.45, 7) is 3.98. The molecule has 1 aliphatic carbocycles. The largest absolute Gasteiger partial charge is 0.306 e. The number of rotatable bonds is 5. The van der Waals surface area contributed by atoms with Gasteiger partial charge in [-0.25, -0.2) is 9.37 Å². The van der Waals surface area contributed by atoms with Crippen LogP contribution in [0.4, 0.5) is 4.39 Å². The van der Waals surface area contributed by atoms with E-state index in [1.165, 1.54) is 23.8 Å². The molecule has 3 aromatic rings. The van der Waals surface area contributed by atoms with Crippen LogP contribution >= 0.6 is 11.6 Å². The van der Waals surface area contributed by atoms with Crippen molar-refractivity contribution in [1.82, 2.24) is 14.9 Å². The van der Waals surface area contributed by atoms with E-state index < -0.39 is 5.82 Å². The van der Waals surface area contributed by atoms with Crippen molar-refractivity contribution in [2.75, 3.05) is 14.1 Å². The molecule has 2 heterocycles. The van der Waals surface area contributed by atoms with E-state index in [0.717, 1.165) is 35.9 Å². The molecule has 0 fully saturated rings. The summed E-state index contributed by atoms with van der Waals surface area (Å²) in [7, 11) is 4.23. The van der Waals surface area contributed by atoms with Gasteiger partial charge in [-0.05, 0) is 80.9 Å². The molecule has 1 N–H and O–H groups in total. The van der Waals surface area contributed by atoms with E-state index in [1.54, 1.807) is 6.07 Å². The van der Waals surface area contributed by atoms with Crippen molar-refractivity contribution in [1.29, 1.82) is 5.41 Å². The zero-order valence-corrected chi connectivity index (χ0v) is 18.4. The molecule has 0 saturated heterocycles. The Labute approximate surface area is 186 Å². The van der Waals surface area contributed by atoms with Crippen LogP contribution in [0.25, 0.3) is 22.2 Å². The highest BCUT2D eigenvalue weighted by Gasteiger charge is 2.18. The van der Waals surface area contributed by atoms with E-state index in [4.69, 9.17) is 17.0 Å². The predicted octanol–water partition coefficient (Wildman–Crippen LogP) is 6.00. The van der Waals surface area contributed by atoms with Crippen LogP contribution in [0.1, 0.15) is 36.1 Å². The third-order valence-electron chi connectivity index (χ3n) is 5.83. The van der Waals surface area contributed by atoms with Crippen molar-refractivity contribution >= 4 is 39.5 Å². The molecule has 0 bridgehead atoms. The first-order valence-corrected chi connectivity index (χ1v) is 10.6. The number of pyridine rings is 2. The Kier molecular flexibility index (Phi) is 5.99. The van der Waals surface area contributed by atoms with Gasteiger partial charge in [0.2, 0.25) is 0 Å². The highest BCUT2D eigenvalue weighted by Crippen LogP contribution is 2.30. The highest BCUT2D eigenvalue weighted by atomic mass is 35.5. The van der Waals surface area contributed by atoms with Crippen LogP contribution < -0.4 is 0 Å². The second-order valence-electron chi connectivity index (χ2n) is 8.06. The second-order valence-corrected chi connectivity index (χ2v) is 8.49. The third-order valence-corrected chi connectivity index (χ3v) is 6.07. The number of halogens is 2. The van der Waals surface area contributed by atoms with E-state index in [0.29, 0.717) is 22.3 Å². The maximum atomic E-state index is 14.2. The summed E-state index contributed by atoms with van der Waals surface area (Å²) in [5, 5.41) is 8.78. The Hall–Kier alpha value is -2.89. The van der Waals surface area contributed by atoms with Crippen molar-refractivity contribution in [2.24, 2.45) is 0 Å². The maximum absolute atomic E-state index is 14.2. The van der Waals surface area contributed by atoms with Gasteiger partial charge in [0.1, 0.15) is 5.82 Å². The number of aromatic nitrogens is 2. The van der Waals surface area contributed by atoms with Gasteiger partial charge < -0.3 is 4.90 Å². The van der Waals surface area contributed by atoms with E-state index in [1.807, 2.05) is 18.3 Å². The van der Waals surface area contributed by atoms with Crippen LogP contribution in [0.15, 0.2) is 55.3 Å². The van der Waals surface area contributed by atoms with Crippen LogP contribution in [0, 0.1) is 11.2 Å². The highest BCUT2D eigenvalue weighted by molar-refractivity contribution is 6.33. The number of nitrogens with zero attached hydrogens (tertiary/aromatic N) is 3. The summed E-state index contributed by atoms with van der Waals surface area (Å²) < 4.78 is 14.2. The normalized spacial score (nSPS) is 16.4. The summed E-state index contributed by atoms with van der Waals surface area (Å²) in [5.74, 6) is -0.513. The molecule has 31 heavy (non-hydrogen) atoms. The van der Waals surface area contributed by atoms with Gasteiger partial charge in [0.25, 0.3) is 0 Å². The summed E-state index contributed by atoms with van der Waals surface area (Å²) in [6, 6.07) is 10.4. The molecule has 0 radical (unpaired) electrons. The summed E-state index contributed by atoms with van der Waals surface area (Å²) in [5.41, 5.74) is 4.76. The topological polar surface area (TPSA) is 52.9 Å². The molecule has 1 aliphatic rings. The third kappa shape index (κ3) is 4.43. The zero-order valence-electron chi connectivity index (χ0n) is 17.6. The lowest BCUT2D eigenvalue weighted by Crippen LogP contribution is -2.28. The van der Waals surface area contributed by atoms with Gasteiger partial charge in [-0.3, -0.25) is 10.4 Å². The van der Waals surface area contributed by atoms with Gasteiger partial charge in [-0.2, -0.15) is 0 Å². The SMILES string of the molecule is C=C(C(=N)c1cc(Cl)ccc1F)c1ccc2ncc(C3=CCC(N(C)C)CC3)cc2n1. The lowest BCUT2D eigenvalue weighted by molar-refractivity contribution is 0.277. The molecule has 4 rings (SSSR count). The molecule has 4 nitrogen and oxygen atoms in total. The number of allylic oxidation sites excluding steroid dienone is 2. The molecule has 1 unspecified atom stereocenters. The number of hydrogen-bond acceptors (Lipinski definition) is 4. The first kappa shape index (κ1) is 21.3. The van der Waals surface area contributed by atoms with Crippen LogP contribution in [-0.2, 0) is 0 Å². The van der Waals surface area contributed by atoms with Crippen LogP contribution in [0.3, 0.4) is 0 Å². The number of fused-ring (bicyclic) bond motifs is 1. The first-order chi connectivity index (χ1) is 14.8. The Balaban J connectivity index is 1.64. The molecule has 1 atom stereocenters. The molecule has 0 saturated carbocycles. The van der Waals surface area contributed by atoms with Gasteiger partial charge >= 0.3 is 0 Å². The molecule has 0 spiro atoms. The van der Waals surface area contributed by atoms with Gasteiger partial charge in [0.15, 0.2) is 0 Å². The summed E-state index contributed by atoms with van der Waals surface area (Å²) in [6.07, 6.45) is 7.32. The van der Waals surface area contributed by atoms with Crippen molar-refractivity contribution in [3.8, 4) is 0 Å². The van der Waals surface area contributed by atoms with E-state index in [9.17, 15) is 4.39 Å². The van der Waals surface area contributed by atoms with Gasteiger partial charge in [-0.1, -0.05) is 24.3 Å². The molecule has 0 amide bonds. The smallest absolute Gasteiger partial charge is 0.132 e. The Morgan fingerprint density at radius 3 is 2.71 bits per heavy atom. The Bertz CT molecular complexity index is 1220. The quantitative estimate of drug-likeness (QED) is 0.501. The summed E-state index contributed by atoms with van der Waals surface area (Å²) in [4.78, 5) is 11.5.